The first kappa shape index (κ1) is 18.0. The Hall–Kier alpha value is -1.81. The molecule has 0 radical (unpaired) electrons. The summed E-state index contributed by atoms with van der Waals surface area (Å²) in [6.45, 7) is 8.22. The van der Waals surface area contributed by atoms with Gasteiger partial charge in [-0.25, -0.2) is 0 Å². The molecule has 2 N–H and O–H groups in total. The van der Waals surface area contributed by atoms with Crippen LogP contribution in [-0.2, 0) is 0 Å². The maximum atomic E-state index is 12.9. The number of nitrogens with one attached hydrogen (secondary N) is 1. The van der Waals surface area contributed by atoms with E-state index in [4.69, 9.17) is 4.42 Å². The first-order chi connectivity index (χ1) is 11.9. The quantitative estimate of drug-likeness (QED) is 0.863. The van der Waals surface area contributed by atoms with Gasteiger partial charge in [0.15, 0.2) is 5.76 Å². The summed E-state index contributed by atoms with van der Waals surface area (Å²) in [5.41, 5.74) is 1.03. The third-order valence-corrected chi connectivity index (χ3v) is 6.00. The minimum atomic E-state index is -0.601. The largest absolute Gasteiger partial charge is 0.451 e. The first-order valence-electron chi connectivity index (χ1n) is 9.40. The van der Waals surface area contributed by atoms with Gasteiger partial charge < -0.3 is 14.8 Å². The molecule has 1 aromatic carbocycles. The number of carbonyl (C=O) groups is 1. The van der Waals surface area contributed by atoms with E-state index in [0.29, 0.717) is 5.76 Å². The van der Waals surface area contributed by atoms with E-state index in [-0.39, 0.29) is 23.8 Å². The van der Waals surface area contributed by atoms with Gasteiger partial charge >= 0.3 is 0 Å². The molecule has 0 aliphatic heterocycles. The average molecular weight is 343 g/mol. The Bertz CT molecular complexity index is 766. The second-order valence-corrected chi connectivity index (χ2v) is 7.68. The highest BCUT2D eigenvalue weighted by Crippen LogP contribution is 2.40. The molecule has 136 valence electrons. The zero-order chi connectivity index (χ0) is 18.2. The van der Waals surface area contributed by atoms with Gasteiger partial charge in [-0.1, -0.05) is 45.4 Å². The standard InChI is InChI=1S/C21H29NO3/c1-5-15-12-21(24,6-2)11-13(3)18(15)22-20(23)19-14(4)16-9-7-8-10-17(16)25-19/h7-10,13,15,18,24H,5-6,11-12H2,1-4H3,(H,22,23)/t13-,15+,18+,21+/m1/s1. The molecule has 3 rings (SSSR count). The van der Waals surface area contributed by atoms with Crippen LogP contribution in [0.5, 0.6) is 0 Å². The summed E-state index contributed by atoms with van der Waals surface area (Å²) in [7, 11) is 0. The van der Waals surface area contributed by atoms with Crippen molar-refractivity contribution in [1.82, 2.24) is 5.32 Å². The van der Waals surface area contributed by atoms with Crippen LogP contribution in [0.25, 0.3) is 11.0 Å². The van der Waals surface area contributed by atoms with Crippen molar-refractivity contribution in [3.8, 4) is 0 Å². The van der Waals surface area contributed by atoms with E-state index in [1.165, 1.54) is 0 Å². The molecule has 4 heteroatoms. The number of benzene rings is 1. The molecule has 1 aliphatic carbocycles. The molecule has 1 aliphatic rings. The van der Waals surface area contributed by atoms with E-state index in [2.05, 4.69) is 19.2 Å². The van der Waals surface area contributed by atoms with Crippen molar-refractivity contribution < 1.29 is 14.3 Å². The van der Waals surface area contributed by atoms with Crippen molar-refractivity contribution in [3.63, 3.8) is 0 Å². The number of para-hydroxylation sites is 1. The van der Waals surface area contributed by atoms with Gasteiger partial charge in [-0.2, -0.15) is 0 Å². The highest BCUT2D eigenvalue weighted by atomic mass is 16.3. The maximum Gasteiger partial charge on any atom is 0.287 e. The number of furan rings is 1. The number of fused-ring (bicyclic) bond motifs is 1. The fourth-order valence-electron chi connectivity index (χ4n) is 4.44. The van der Waals surface area contributed by atoms with Crippen molar-refractivity contribution >= 4 is 16.9 Å². The second kappa shape index (κ2) is 6.83. The van der Waals surface area contributed by atoms with Crippen LogP contribution in [-0.4, -0.2) is 22.7 Å². The van der Waals surface area contributed by atoms with Gasteiger partial charge in [0.05, 0.1) is 5.60 Å². The summed E-state index contributed by atoms with van der Waals surface area (Å²) in [5, 5.41) is 14.9. The predicted octanol–water partition coefficient (Wildman–Crippen LogP) is 4.44. The molecule has 1 fully saturated rings. The van der Waals surface area contributed by atoms with Crippen LogP contribution in [0.4, 0.5) is 0 Å². The Labute approximate surface area is 149 Å². The Kier molecular flexibility index (Phi) is 4.92. The Morgan fingerprint density at radius 2 is 2.04 bits per heavy atom. The number of hydrogen-bond donors (Lipinski definition) is 2. The lowest BCUT2D eigenvalue weighted by Crippen LogP contribution is -2.53. The lowest BCUT2D eigenvalue weighted by atomic mass is 9.68. The van der Waals surface area contributed by atoms with Crippen molar-refractivity contribution in [2.75, 3.05) is 0 Å². The van der Waals surface area contributed by atoms with Crippen LogP contribution >= 0.6 is 0 Å². The monoisotopic (exact) mass is 343 g/mol. The van der Waals surface area contributed by atoms with Crippen molar-refractivity contribution in [2.45, 2.75) is 65.0 Å². The number of hydrogen-bond acceptors (Lipinski definition) is 3. The van der Waals surface area contributed by atoms with E-state index in [9.17, 15) is 9.90 Å². The summed E-state index contributed by atoms with van der Waals surface area (Å²) in [4.78, 5) is 12.9. The predicted molar refractivity (Wildman–Crippen MR) is 99.6 cm³/mol. The molecule has 0 saturated heterocycles. The summed E-state index contributed by atoms with van der Waals surface area (Å²) in [6.07, 6.45) is 3.17. The zero-order valence-corrected chi connectivity index (χ0v) is 15.6. The Morgan fingerprint density at radius 3 is 2.68 bits per heavy atom. The number of carbonyl (C=O) groups excluding carboxylic acids is 1. The third kappa shape index (κ3) is 3.32. The molecule has 0 bridgehead atoms. The van der Waals surface area contributed by atoms with E-state index in [1.807, 2.05) is 38.1 Å². The highest BCUT2D eigenvalue weighted by Gasteiger charge is 2.42. The molecular formula is C21H29NO3. The molecule has 0 unspecified atom stereocenters. The Morgan fingerprint density at radius 1 is 1.32 bits per heavy atom. The van der Waals surface area contributed by atoms with Gasteiger partial charge in [0.1, 0.15) is 5.58 Å². The summed E-state index contributed by atoms with van der Waals surface area (Å²) < 4.78 is 5.81. The molecule has 1 heterocycles. The van der Waals surface area contributed by atoms with Crippen LogP contribution in [0.15, 0.2) is 28.7 Å². The van der Waals surface area contributed by atoms with Gasteiger partial charge in [0.25, 0.3) is 5.91 Å². The normalized spacial score (nSPS) is 29.7. The van der Waals surface area contributed by atoms with Crippen molar-refractivity contribution in [1.29, 1.82) is 0 Å². The summed E-state index contributed by atoms with van der Waals surface area (Å²) in [6, 6.07) is 7.80. The average Bonchev–Trinajstić information content (AvgIpc) is 2.94. The Balaban J connectivity index is 1.82. The lowest BCUT2D eigenvalue weighted by Gasteiger charge is -2.45. The SMILES string of the molecule is CC[C@H]1C[C@](O)(CC)C[C@@H](C)[C@@H]1NC(=O)c1oc2ccccc2c1C. The molecule has 25 heavy (non-hydrogen) atoms. The third-order valence-electron chi connectivity index (χ3n) is 6.00. The maximum absolute atomic E-state index is 12.9. The van der Waals surface area contributed by atoms with Gasteiger partial charge in [0.2, 0.25) is 0 Å². The van der Waals surface area contributed by atoms with Crippen LogP contribution in [0, 0.1) is 18.8 Å². The number of amides is 1. The molecule has 1 amide bonds. The van der Waals surface area contributed by atoms with Crippen LogP contribution in [0.1, 0.15) is 62.6 Å². The minimum absolute atomic E-state index is 0.0666. The topological polar surface area (TPSA) is 62.5 Å². The van der Waals surface area contributed by atoms with Gasteiger partial charge in [0, 0.05) is 17.0 Å². The molecule has 0 spiro atoms. The van der Waals surface area contributed by atoms with E-state index in [0.717, 1.165) is 42.2 Å². The lowest BCUT2D eigenvalue weighted by molar-refractivity contribution is -0.0502. The summed E-state index contributed by atoms with van der Waals surface area (Å²) in [5.74, 6) is 0.769. The molecular weight excluding hydrogens is 314 g/mol. The van der Waals surface area contributed by atoms with Crippen LogP contribution in [0.2, 0.25) is 0 Å². The fraction of sp³-hybridized carbons (Fsp3) is 0.571. The first-order valence-corrected chi connectivity index (χ1v) is 9.40. The highest BCUT2D eigenvalue weighted by molar-refractivity contribution is 5.99. The molecule has 4 nitrogen and oxygen atoms in total. The smallest absolute Gasteiger partial charge is 0.287 e. The fourth-order valence-corrected chi connectivity index (χ4v) is 4.44. The van der Waals surface area contributed by atoms with Gasteiger partial charge in [-0.15, -0.1) is 0 Å². The van der Waals surface area contributed by atoms with E-state index in [1.54, 1.807) is 0 Å². The van der Waals surface area contributed by atoms with Gasteiger partial charge in [-0.3, -0.25) is 4.79 Å². The summed E-state index contributed by atoms with van der Waals surface area (Å²) >= 11 is 0. The van der Waals surface area contributed by atoms with Crippen LogP contribution in [0.3, 0.4) is 0 Å². The minimum Gasteiger partial charge on any atom is -0.451 e. The molecule has 1 aromatic heterocycles. The van der Waals surface area contributed by atoms with E-state index >= 15 is 0 Å². The van der Waals surface area contributed by atoms with Crippen molar-refractivity contribution in [2.24, 2.45) is 11.8 Å². The second-order valence-electron chi connectivity index (χ2n) is 7.68. The molecule has 2 aromatic rings. The number of rotatable bonds is 4. The van der Waals surface area contributed by atoms with E-state index < -0.39 is 5.60 Å². The number of aliphatic hydroxyl groups is 1. The van der Waals surface area contributed by atoms with Gasteiger partial charge in [-0.05, 0) is 44.1 Å². The zero-order valence-electron chi connectivity index (χ0n) is 15.6. The number of aryl methyl sites for hydroxylation is 1. The van der Waals surface area contributed by atoms with Crippen molar-refractivity contribution in [3.05, 3.63) is 35.6 Å². The molecule has 1 saturated carbocycles. The molecule has 4 atom stereocenters. The van der Waals surface area contributed by atoms with Crippen LogP contribution < -0.4 is 5.32 Å².